The zero-order valence-electron chi connectivity index (χ0n) is 16.6. The first-order valence-corrected chi connectivity index (χ1v) is 11.3. The summed E-state index contributed by atoms with van der Waals surface area (Å²) >= 11 is 1.74. The number of nitrogens with one attached hydrogen (secondary N) is 1. The second-order valence-corrected chi connectivity index (χ2v) is 8.53. The van der Waals surface area contributed by atoms with Gasteiger partial charge in [0.15, 0.2) is 0 Å². The molecule has 1 aromatic heterocycles. The number of hydrogen-bond donors (Lipinski definition) is 1. The van der Waals surface area contributed by atoms with Gasteiger partial charge in [0.1, 0.15) is 0 Å². The highest BCUT2D eigenvalue weighted by Crippen LogP contribution is 2.59. The predicted octanol–water partition coefficient (Wildman–Crippen LogP) is 5.75. The molecule has 3 aromatic rings. The summed E-state index contributed by atoms with van der Waals surface area (Å²) < 4.78 is 0. The molecule has 0 unspecified atom stereocenters. The average molecular weight is 402 g/mol. The van der Waals surface area contributed by atoms with E-state index in [1.807, 2.05) is 0 Å². The first-order chi connectivity index (χ1) is 14.3. The van der Waals surface area contributed by atoms with Crippen molar-refractivity contribution < 1.29 is 4.79 Å². The van der Waals surface area contributed by atoms with Crippen molar-refractivity contribution in [3.63, 3.8) is 0 Å². The van der Waals surface area contributed by atoms with Crippen molar-refractivity contribution in [3.05, 3.63) is 106 Å². The quantitative estimate of drug-likeness (QED) is 0.359. The van der Waals surface area contributed by atoms with E-state index in [0.29, 0.717) is 5.92 Å². The topological polar surface area (TPSA) is 29.1 Å². The smallest absolute Gasteiger partial charge is 0.243 e. The molecule has 4 rings (SSSR count). The van der Waals surface area contributed by atoms with E-state index in [1.165, 1.54) is 16.7 Å². The number of carbonyl (C=O) groups excluding carboxylic acids is 1. The average Bonchev–Trinajstić information content (AvgIpc) is 3.28. The van der Waals surface area contributed by atoms with Crippen molar-refractivity contribution in [3.8, 4) is 0 Å². The van der Waals surface area contributed by atoms with Crippen LogP contribution in [0.4, 0.5) is 0 Å². The first-order valence-electron chi connectivity index (χ1n) is 10.4. The van der Waals surface area contributed by atoms with Gasteiger partial charge in [0.05, 0.1) is 0 Å². The van der Waals surface area contributed by atoms with Crippen LogP contribution in [0.25, 0.3) is 0 Å². The Balaban J connectivity index is 1.31. The van der Waals surface area contributed by atoms with E-state index in [-0.39, 0.29) is 11.3 Å². The maximum atomic E-state index is 12.3. The SMILES string of the molecule is O=C(/C=C/[C@@H]1CC1(c1ccccc1)c1ccccc1)NCCCCc1ccsc1. The molecule has 1 aliphatic rings. The van der Waals surface area contributed by atoms with Gasteiger partial charge in [-0.2, -0.15) is 11.3 Å². The Hall–Kier alpha value is -2.65. The van der Waals surface area contributed by atoms with E-state index in [2.05, 4.69) is 88.9 Å². The zero-order valence-corrected chi connectivity index (χ0v) is 17.4. The Labute approximate surface area is 177 Å². The first kappa shape index (κ1) is 19.7. The largest absolute Gasteiger partial charge is 0.353 e. The number of rotatable bonds is 9. The van der Waals surface area contributed by atoms with Crippen LogP contribution in [0.2, 0.25) is 0 Å². The molecule has 2 nitrogen and oxygen atoms in total. The van der Waals surface area contributed by atoms with Gasteiger partial charge >= 0.3 is 0 Å². The normalized spacial score (nSPS) is 17.3. The van der Waals surface area contributed by atoms with E-state index < -0.39 is 0 Å². The molecular formula is C26H27NOS. The lowest BCUT2D eigenvalue weighted by Gasteiger charge is -2.18. The van der Waals surface area contributed by atoms with E-state index in [4.69, 9.17) is 0 Å². The molecule has 1 aliphatic carbocycles. The Bertz CT molecular complexity index is 892. The van der Waals surface area contributed by atoms with Crippen molar-refractivity contribution in [2.45, 2.75) is 31.1 Å². The van der Waals surface area contributed by atoms with Gasteiger partial charge < -0.3 is 5.32 Å². The van der Waals surface area contributed by atoms with Gasteiger partial charge in [0.2, 0.25) is 5.91 Å². The lowest BCUT2D eigenvalue weighted by atomic mass is 9.85. The summed E-state index contributed by atoms with van der Waals surface area (Å²) in [6.07, 6.45) is 8.09. The van der Waals surface area contributed by atoms with Crippen LogP contribution in [-0.4, -0.2) is 12.5 Å². The van der Waals surface area contributed by atoms with Gasteiger partial charge in [-0.1, -0.05) is 66.7 Å². The summed E-state index contributed by atoms with van der Waals surface area (Å²) in [7, 11) is 0. The third-order valence-electron chi connectivity index (χ3n) is 5.84. The Morgan fingerprint density at radius 2 is 1.69 bits per heavy atom. The zero-order chi connectivity index (χ0) is 19.9. The van der Waals surface area contributed by atoms with Gasteiger partial charge in [0.25, 0.3) is 0 Å². The second-order valence-electron chi connectivity index (χ2n) is 7.75. The minimum absolute atomic E-state index is 0.000164. The monoisotopic (exact) mass is 401 g/mol. The fourth-order valence-electron chi connectivity index (χ4n) is 4.18. The number of aryl methyl sites for hydroxylation is 1. The molecule has 2 aromatic carbocycles. The second kappa shape index (κ2) is 9.23. The Kier molecular flexibility index (Phi) is 6.26. The molecule has 1 N–H and O–H groups in total. The van der Waals surface area contributed by atoms with Crippen LogP contribution < -0.4 is 5.32 Å². The molecule has 0 radical (unpaired) electrons. The van der Waals surface area contributed by atoms with Crippen molar-refractivity contribution >= 4 is 17.2 Å². The Morgan fingerprint density at radius 1 is 1.00 bits per heavy atom. The van der Waals surface area contributed by atoms with Crippen LogP contribution in [0.1, 0.15) is 36.0 Å². The molecule has 1 amide bonds. The molecule has 3 heteroatoms. The number of carbonyl (C=O) groups is 1. The van der Waals surface area contributed by atoms with E-state index in [1.54, 1.807) is 17.4 Å². The van der Waals surface area contributed by atoms with Crippen LogP contribution in [0, 0.1) is 5.92 Å². The van der Waals surface area contributed by atoms with Crippen LogP contribution in [-0.2, 0) is 16.6 Å². The molecule has 29 heavy (non-hydrogen) atoms. The minimum Gasteiger partial charge on any atom is -0.353 e. The maximum Gasteiger partial charge on any atom is 0.243 e. The predicted molar refractivity (Wildman–Crippen MR) is 121 cm³/mol. The third kappa shape index (κ3) is 4.68. The molecule has 1 atom stereocenters. The van der Waals surface area contributed by atoms with Crippen molar-refractivity contribution in [2.75, 3.05) is 6.54 Å². The molecule has 0 saturated heterocycles. The summed E-state index contributed by atoms with van der Waals surface area (Å²) in [4.78, 5) is 12.3. The summed E-state index contributed by atoms with van der Waals surface area (Å²) in [6, 6.07) is 23.5. The van der Waals surface area contributed by atoms with Crippen LogP contribution in [0.15, 0.2) is 89.6 Å². The molecule has 1 saturated carbocycles. The summed E-state index contributed by atoms with van der Waals surface area (Å²) in [5.74, 6) is 0.374. The van der Waals surface area contributed by atoms with Gasteiger partial charge in [-0.15, -0.1) is 0 Å². The van der Waals surface area contributed by atoms with Crippen LogP contribution in [0.3, 0.4) is 0 Å². The number of unbranched alkanes of at least 4 members (excludes halogenated alkanes) is 1. The van der Waals surface area contributed by atoms with Crippen molar-refractivity contribution in [1.82, 2.24) is 5.32 Å². The summed E-state index contributed by atoms with van der Waals surface area (Å²) in [6.45, 7) is 0.737. The van der Waals surface area contributed by atoms with E-state index >= 15 is 0 Å². The maximum absolute atomic E-state index is 12.3. The van der Waals surface area contributed by atoms with Gasteiger partial charge in [0, 0.05) is 12.0 Å². The molecule has 0 aliphatic heterocycles. The molecule has 0 spiro atoms. The number of allylic oxidation sites excluding steroid dienone is 1. The van der Waals surface area contributed by atoms with Gasteiger partial charge in [-0.25, -0.2) is 0 Å². The standard InChI is InChI=1S/C26H27NOS/c28-25(27-17-8-7-9-21-16-18-29-20-21)15-14-24-19-26(24,22-10-3-1-4-11-22)23-12-5-2-6-13-23/h1-6,10-16,18,20,24H,7-9,17,19H2,(H,27,28)/b15-14+/t24-/m1/s1. The summed E-state index contributed by atoms with van der Waals surface area (Å²) in [5, 5.41) is 7.34. The molecule has 0 bridgehead atoms. The fraction of sp³-hybridized carbons (Fsp3) is 0.269. The van der Waals surface area contributed by atoms with Gasteiger partial charge in [-0.3, -0.25) is 4.79 Å². The number of amides is 1. The molecule has 1 fully saturated rings. The lowest BCUT2D eigenvalue weighted by molar-refractivity contribution is -0.116. The Morgan fingerprint density at radius 3 is 2.31 bits per heavy atom. The van der Waals surface area contributed by atoms with Crippen LogP contribution >= 0.6 is 11.3 Å². The van der Waals surface area contributed by atoms with E-state index in [9.17, 15) is 4.79 Å². The van der Waals surface area contributed by atoms with Crippen molar-refractivity contribution in [2.24, 2.45) is 5.92 Å². The highest BCUT2D eigenvalue weighted by atomic mass is 32.1. The highest BCUT2D eigenvalue weighted by molar-refractivity contribution is 7.07. The minimum atomic E-state index is -0.000164. The fourth-order valence-corrected chi connectivity index (χ4v) is 4.89. The molecular weight excluding hydrogens is 374 g/mol. The highest BCUT2D eigenvalue weighted by Gasteiger charge is 2.54. The number of benzene rings is 2. The van der Waals surface area contributed by atoms with Gasteiger partial charge in [-0.05, 0) is 71.2 Å². The lowest BCUT2D eigenvalue weighted by Crippen LogP contribution is -2.22. The number of thiophene rings is 1. The molecule has 1 heterocycles. The van der Waals surface area contributed by atoms with E-state index in [0.717, 1.165) is 32.2 Å². The van der Waals surface area contributed by atoms with Crippen LogP contribution in [0.5, 0.6) is 0 Å². The number of hydrogen-bond acceptors (Lipinski definition) is 2. The molecule has 148 valence electrons. The summed E-state index contributed by atoms with van der Waals surface area (Å²) in [5.41, 5.74) is 4.05. The third-order valence-corrected chi connectivity index (χ3v) is 6.58. The van der Waals surface area contributed by atoms with Crippen molar-refractivity contribution in [1.29, 1.82) is 0 Å².